The van der Waals surface area contributed by atoms with Crippen LogP contribution in [0.25, 0.3) is 0 Å². The number of hydrogen-bond donors (Lipinski definition) is 3. The molecule has 7 heteroatoms. The lowest BCUT2D eigenvalue weighted by molar-refractivity contribution is 0.195. The standard InChI is InChI=1S/C10H15N3O3S/c11-17(14,15)13-9-3-1-2-8(6-9)12-10-4-5-16-7-10/h1-3,6,10,12-13H,4-5,7H2,(H2,11,14,15). The molecule has 1 aromatic rings. The van der Waals surface area contributed by atoms with Crippen LogP contribution in [-0.4, -0.2) is 27.7 Å². The van der Waals surface area contributed by atoms with E-state index < -0.39 is 10.2 Å². The molecular weight excluding hydrogens is 242 g/mol. The second kappa shape index (κ2) is 4.91. The van der Waals surface area contributed by atoms with E-state index in [1.807, 2.05) is 6.07 Å². The maximum atomic E-state index is 10.9. The van der Waals surface area contributed by atoms with Crippen molar-refractivity contribution < 1.29 is 13.2 Å². The Labute approximate surface area is 100 Å². The van der Waals surface area contributed by atoms with E-state index in [-0.39, 0.29) is 6.04 Å². The fraction of sp³-hybridized carbons (Fsp3) is 0.400. The molecule has 1 unspecified atom stereocenters. The summed E-state index contributed by atoms with van der Waals surface area (Å²) in [5.74, 6) is 0. The molecule has 1 atom stereocenters. The first-order chi connectivity index (χ1) is 8.03. The van der Waals surface area contributed by atoms with Gasteiger partial charge in [-0.25, -0.2) is 5.14 Å². The topological polar surface area (TPSA) is 93.5 Å². The van der Waals surface area contributed by atoms with Gasteiger partial charge in [-0.2, -0.15) is 8.42 Å². The molecule has 0 aromatic heterocycles. The maximum absolute atomic E-state index is 10.9. The van der Waals surface area contributed by atoms with Gasteiger partial charge in [-0.05, 0) is 24.6 Å². The SMILES string of the molecule is NS(=O)(=O)Nc1cccc(NC2CCOC2)c1. The van der Waals surface area contributed by atoms with Crippen molar-refractivity contribution in [2.24, 2.45) is 5.14 Å². The zero-order valence-electron chi connectivity index (χ0n) is 9.22. The largest absolute Gasteiger partial charge is 0.380 e. The number of rotatable bonds is 4. The molecule has 0 spiro atoms. The van der Waals surface area contributed by atoms with E-state index in [0.29, 0.717) is 12.3 Å². The molecule has 0 radical (unpaired) electrons. The molecule has 6 nitrogen and oxygen atoms in total. The van der Waals surface area contributed by atoms with Crippen LogP contribution in [0.15, 0.2) is 24.3 Å². The predicted octanol–water partition coefficient (Wildman–Crippen LogP) is 0.503. The Bertz CT molecular complexity index is 483. The molecule has 0 bridgehead atoms. The van der Waals surface area contributed by atoms with Crippen LogP contribution in [0.2, 0.25) is 0 Å². The summed E-state index contributed by atoms with van der Waals surface area (Å²) in [7, 11) is -3.72. The Morgan fingerprint density at radius 1 is 1.35 bits per heavy atom. The predicted molar refractivity (Wildman–Crippen MR) is 66.0 cm³/mol. The van der Waals surface area contributed by atoms with Crippen LogP contribution in [0.1, 0.15) is 6.42 Å². The molecule has 1 aliphatic heterocycles. The number of anilines is 2. The van der Waals surface area contributed by atoms with E-state index in [1.165, 1.54) is 0 Å². The Hall–Kier alpha value is -1.31. The summed E-state index contributed by atoms with van der Waals surface area (Å²) in [4.78, 5) is 0. The van der Waals surface area contributed by atoms with E-state index in [9.17, 15) is 8.42 Å². The molecule has 2 rings (SSSR count). The third kappa shape index (κ3) is 3.88. The van der Waals surface area contributed by atoms with Crippen LogP contribution in [0.5, 0.6) is 0 Å². The van der Waals surface area contributed by atoms with Gasteiger partial charge in [0.2, 0.25) is 0 Å². The molecule has 1 aromatic carbocycles. The average Bonchev–Trinajstić information content (AvgIpc) is 2.68. The summed E-state index contributed by atoms with van der Waals surface area (Å²) in [6.45, 7) is 1.43. The minimum absolute atomic E-state index is 0.278. The van der Waals surface area contributed by atoms with Gasteiger partial charge in [0, 0.05) is 12.3 Å². The Morgan fingerprint density at radius 3 is 2.76 bits per heavy atom. The lowest BCUT2D eigenvalue weighted by Crippen LogP contribution is -2.22. The first kappa shape index (κ1) is 12.2. The molecule has 0 saturated carbocycles. The number of nitrogens with two attached hydrogens (primary N) is 1. The van der Waals surface area contributed by atoms with Crippen molar-refractivity contribution in [3.8, 4) is 0 Å². The van der Waals surface area contributed by atoms with Gasteiger partial charge in [-0.15, -0.1) is 0 Å². The highest BCUT2D eigenvalue weighted by Gasteiger charge is 2.15. The highest BCUT2D eigenvalue weighted by atomic mass is 32.2. The second-order valence-corrected chi connectivity index (χ2v) is 5.23. The molecule has 1 heterocycles. The molecule has 4 N–H and O–H groups in total. The summed E-state index contributed by atoms with van der Waals surface area (Å²) in [5, 5.41) is 8.17. The first-order valence-electron chi connectivity index (χ1n) is 5.28. The van der Waals surface area contributed by atoms with Gasteiger partial charge >= 0.3 is 0 Å². The van der Waals surface area contributed by atoms with Gasteiger partial charge in [0.1, 0.15) is 0 Å². The monoisotopic (exact) mass is 257 g/mol. The van der Waals surface area contributed by atoms with E-state index >= 15 is 0 Å². The van der Waals surface area contributed by atoms with E-state index in [4.69, 9.17) is 9.88 Å². The number of ether oxygens (including phenoxy) is 1. The van der Waals surface area contributed by atoms with Gasteiger partial charge < -0.3 is 10.1 Å². The van der Waals surface area contributed by atoms with Crippen molar-refractivity contribution >= 4 is 21.6 Å². The minimum Gasteiger partial charge on any atom is -0.380 e. The van der Waals surface area contributed by atoms with Crippen LogP contribution in [0, 0.1) is 0 Å². The van der Waals surface area contributed by atoms with Crippen molar-refractivity contribution in [1.82, 2.24) is 0 Å². The summed E-state index contributed by atoms with van der Waals surface area (Å²) < 4.78 is 29.2. The molecule has 1 saturated heterocycles. The van der Waals surface area contributed by atoms with E-state index in [1.54, 1.807) is 18.2 Å². The third-order valence-electron chi connectivity index (χ3n) is 2.42. The molecule has 1 aliphatic rings. The normalized spacial score (nSPS) is 20.2. The maximum Gasteiger partial charge on any atom is 0.296 e. The second-order valence-electron chi connectivity index (χ2n) is 3.93. The molecule has 17 heavy (non-hydrogen) atoms. The molecule has 0 aliphatic carbocycles. The van der Waals surface area contributed by atoms with E-state index in [0.717, 1.165) is 18.7 Å². The van der Waals surface area contributed by atoms with Crippen molar-refractivity contribution in [1.29, 1.82) is 0 Å². The van der Waals surface area contributed by atoms with Gasteiger partial charge in [0.25, 0.3) is 10.2 Å². The van der Waals surface area contributed by atoms with Crippen LogP contribution < -0.4 is 15.2 Å². The first-order valence-corrected chi connectivity index (χ1v) is 6.82. The van der Waals surface area contributed by atoms with E-state index in [2.05, 4.69) is 10.0 Å². The zero-order valence-corrected chi connectivity index (χ0v) is 10.0. The summed E-state index contributed by atoms with van der Waals surface area (Å²) in [6.07, 6.45) is 0.951. The van der Waals surface area contributed by atoms with Gasteiger partial charge in [-0.1, -0.05) is 6.07 Å². The average molecular weight is 257 g/mol. The van der Waals surface area contributed by atoms with Crippen molar-refractivity contribution in [2.45, 2.75) is 12.5 Å². The fourth-order valence-corrected chi connectivity index (χ4v) is 2.18. The summed E-state index contributed by atoms with van der Waals surface area (Å²) in [5.41, 5.74) is 1.28. The van der Waals surface area contributed by atoms with Gasteiger partial charge in [0.15, 0.2) is 0 Å². The van der Waals surface area contributed by atoms with Crippen LogP contribution in [0.4, 0.5) is 11.4 Å². The molecule has 1 fully saturated rings. The van der Waals surface area contributed by atoms with Crippen molar-refractivity contribution in [2.75, 3.05) is 23.3 Å². The Kier molecular flexibility index (Phi) is 3.51. The number of nitrogens with one attached hydrogen (secondary N) is 2. The number of benzene rings is 1. The minimum atomic E-state index is -3.72. The Morgan fingerprint density at radius 2 is 2.12 bits per heavy atom. The van der Waals surface area contributed by atoms with Crippen LogP contribution in [0.3, 0.4) is 0 Å². The molecule has 94 valence electrons. The highest BCUT2D eigenvalue weighted by molar-refractivity contribution is 7.90. The van der Waals surface area contributed by atoms with Gasteiger partial charge in [-0.3, -0.25) is 4.72 Å². The summed E-state index contributed by atoms with van der Waals surface area (Å²) in [6, 6.07) is 7.24. The molecule has 0 amide bonds. The van der Waals surface area contributed by atoms with Gasteiger partial charge in [0.05, 0.1) is 18.3 Å². The van der Waals surface area contributed by atoms with Crippen LogP contribution >= 0.6 is 0 Å². The summed E-state index contributed by atoms with van der Waals surface area (Å²) >= 11 is 0. The third-order valence-corrected chi connectivity index (χ3v) is 2.94. The fourth-order valence-electron chi connectivity index (χ4n) is 1.72. The zero-order chi connectivity index (χ0) is 12.3. The quantitative estimate of drug-likeness (QED) is 0.732. The van der Waals surface area contributed by atoms with Crippen molar-refractivity contribution in [3.63, 3.8) is 0 Å². The molecular formula is C10H15N3O3S. The Balaban J connectivity index is 2.05. The highest BCUT2D eigenvalue weighted by Crippen LogP contribution is 2.18. The number of hydrogen-bond acceptors (Lipinski definition) is 4. The van der Waals surface area contributed by atoms with Crippen molar-refractivity contribution in [3.05, 3.63) is 24.3 Å². The lowest BCUT2D eigenvalue weighted by Gasteiger charge is -2.13. The van der Waals surface area contributed by atoms with Crippen LogP contribution in [-0.2, 0) is 14.9 Å². The smallest absolute Gasteiger partial charge is 0.296 e. The lowest BCUT2D eigenvalue weighted by atomic mass is 10.2.